The number of anilines is 1. The highest BCUT2D eigenvalue weighted by Gasteiger charge is 2.16. The molecule has 0 saturated carbocycles. The van der Waals surface area contributed by atoms with Gasteiger partial charge in [-0.05, 0) is 55.8 Å². The van der Waals surface area contributed by atoms with Crippen LogP contribution in [0.25, 0.3) is 38.5 Å². The third-order valence-corrected chi connectivity index (χ3v) is 6.44. The van der Waals surface area contributed by atoms with Crippen LogP contribution in [0.5, 0.6) is 17.4 Å². The number of phenols is 1. The number of pyridine rings is 2. The van der Waals surface area contributed by atoms with Crippen molar-refractivity contribution in [3.05, 3.63) is 90.1 Å². The third kappa shape index (κ3) is 3.58. The van der Waals surface area contributed by atoms with Gasteiger partial charge in [0.1, 0.15) is 22.8 Å². The molecule has 0 aliphatic heterocycles. The van der Waals surface area contributed by atoms with Gasteiger partial charge in [0.15, 0.2) is 0 Å². The van der Waals surface area contributed by atoms with Gasteiger partial charge in [-0.3, -0.25) is 4.57 Å². The summed E-state index contributed by atoms with van der Waals surface area (Å²) in [6.07, 6.45) is 0. The van der Waals surface area contributed by atoms with E-state index < -0.39 is 0 Å². The number of ether oxygens (including phenoxy) is 1. The second kappa shape index (κ2) is 8.27. The number of phenolic OH excluding ortho intramolecular Hbond substituents is 1. The van der Waals surface area contributed by atoms with Gasteiger partial charge in [-0.15, -0.1) is 0 Å². The number of aryl methyl sites for hydroxylation is 2. The normalized spacial score (nSPS) is 11.4. The number of fused-ring (bicyclic) bond motifs is 4. The molecule has 178 valence electrons. The third-order valence-electron chi connectivity index (χ3n) is 6.44. The van der Waals surface area contributed by atoms with Gasteiger partial charge in [-0.1, -0.05) is 30.3 Å². The summed E-state index contributed by atoms with van der Waals surface area (Å²) in [6.45, 7) is 4.10. The fourth-order valence-electron chi connectivity index (χ4n) is 4.93. The van der Waals surface area contributed by atoms with Crippen LogP contribution in [0.1, 0.15) is 11.3 Å². The molecule has 0 aliphatic carbocycles. The van der Waals surface area contributed by atoms with Gasteiger partial charge in [0.05, 0.1) is 16.7 Å². The topological polar surface area (TPSA) is 63.4 Å². The van der Waals surface area contributed by atoms with Crippen molar-refractivity contribution in [2.75, 3.05) is 19.0 Å². The van der Waals surface area contributed by atoms with Gasteiger partial charge in [-0.25, -0.2) is 9.97 Å². The first-order valence-corrected chi connectivity index (χ1v) is 11.9. The van der Waals surface area contributed by atoms with Crippen LogP contribution in [0.2, 0.25) is 0 Å². The molecule has 0 amide bonds. The lowest BCUT2D eigenvalue weighted by Crippen LogP contribution is -2.09. The molecule has 0 spiro atoms. The highest BCUT2D eigenvalue weighted by atomic mass is 16.5. The van der Waals surface area contributed by atoms with E-state index in [-0.39, 0.29) is 5.75 Å². The molecule has 0 aliphatic rings. The summed E-state index contributed by atoms with van der Waals surface area (Å²) < 4.78 is 8.48. The van der Waals surface area contributed by atoms with Crippen molar-refractivity contribution in [2.24, 2.45) is 0 Å². The number of rotatable bonds is 4. The Morgan fingerprint density at radius 1 is 0.778 bits per heavy atom. The van der Waals surface area contributed by atoms with E-state index in [9.17, 15) is 5.11 Å². The first-order valence-electron chi connectivity index (χ1n) is 11.9. The summed E-state index contributed by atoms with van der Waals surface area (Å²) >= 11 is 0. The zero-order valence-corrected chi connectivity index (χ0v) is 20.6. The lowest BCUT2D eigenvalue weighted by molar-refractivity contribution is 0.460. The van der Waals surface area contributed by atoms with E-state index in [0.29, 0.717) is 17.1 Å². The summed E-state index contributed by atoms with van der Waals surface area (Å²) in [5.74, 6) is 2.07. The Labute approximate surface area is 209 Å². The highest BCUT2D eigenvalue weighted by Crippen LogP contribution is 2.37. The van der Waals surface area contributed by atoms with Crippen LogP contribution in [0.15, 0.2) is 78.9 Å². The standard InChI is InChI=1S/C30H26N4O2/c1-18-14-19(2)31-28(15-18)34-24-10-6-5-8-21(24)22-13-12-20(16-26(22)34)36-29-17-25(33(3)4)23-9-7-11-27(35)30(23)32-29/h5-17,35H,1-4H3. The van der Waals surface area contributed by atoms with Crippen molar-refractivity contribution in [1.29, 1.82) is 0 Å². The Morgan fingerprint density at radius 3 is 2.36 bits per heavy atom. The van der Waals surface area contributed by atoms with Crippen molar-refractivity contribution in [3.63, 3.8) is 0 Å². The van der Waals surface area contributed by atoms with Crippen LogP contribution in [0.3, 0.4) is 0 Å². The van der Waals surface area contributed by atoms with Crippen molar-refractivity contribution in [2.45, 2.75) is 13.8 Å². The number of aromatic hydroxyl groups is 1. The predicted molar refractivity (Wildman–Crippen MR) is 146 cm³/mol. The lowest BCUT2D eigenvalue weighted by atomic mass is 10.1. The largest absolute Gasteiger partial charge is 0.506 e. The van der Waals surface area contributed by atoms with Crippen molar-refractivity contribution in [3.8, 4) is 23.2 Å². The van der Waals surface area contributed by atoms with Gasteiger partial charge >= 0.3 is 0 Å². The number of hydrogen-bond acceptors (Lipinski definition) is 5. The molecular formula is C30H26N4O2. The first-order chi connectivity index (χ1) is 17.4. The van der Waals surface area contributed by atoms with E-state index >= 15 is 0 Å². The van der Waals surface area contributed by atoms with E-state index in [2.05, 4.69) is 52.9 Å². The van der Waals surface area contributed by atoms with Crippen LogP contribution < -0.4 is 9.64 Å². The minimum Gasteiger partial charge on any atom is -0.506 e. The molecule has 6 nitrogen and oxygen atoms in total. The van der Waals surface area contributed by atoms with Crippen molar-refractivity contribution < 1.29 is 9.84 Å². The molecule has 3 aromatic carbocycles. The van der Waals surface area contributed by atoms with Gasteiger partial charge in [0.2, 0.25) is 5.88 Å². The molecule has 0 unspecified atom stereocenters. The Hall–Kier alpha value is -4.58. The van der Waals surface area contributed by atoms with Crippen molar-refractivity contribution in [1.82, 2.24) is 14.5 Å². The van der Waals surface area contributed by atoms with E-state index in [1.54, 1.807) is 6.07 Å². The molecule has 6 rings (SSSR count). The Kier molecular flexibility index (Phi) is 5.04. The van der Waals surface area contributed by atoms with Crippen molar-refractivity contribution >= 4 is 38.4 Å². The molecule has 6 aromatic rings. The van der Waals surface area contributed by atoms with Crippen LogP contribution in [-0.4, -0.2) is 33.7 Å². The molecule has 0 saturated heterocycles. The Morgan fingerprint density at radius 2 is 1.56 bits per heavy atom. The van der Waals surface area contributed by atoms with Crippen LogP contribution in [-0.2, 0) is 0 Å². The quantitative estimate of drug-likeness (QED) is 0.301. The van der Waals surface area contributed by atoms with Gasteiger partial charge in [0, 0.05) is 48.1 Å². The van der Waals surface area contributed by atoms with Gasteiger partial charge in [0.25, 0.3) is 0 Å². The second-order valence-corrected chi connectivity index (χ2v) is 9.33. The molecule has 0 radical (unpaired) electrons. The molecule has 0 atom stereocenters. The molecule has 1 N–H and O–H groups in total. The maximum Gasteiger partial charge on any atom is 0.222 e. The van der Waals surface area contributed by atoms with Crippen LogP contribution in [0, 0.1) is 13.8 Å². The fourth-order valence-corrected chi connectivity index (χ4v) is 4.93. The van der Waals surface area contributed by atoms with Gasteiger partial charge in [-0.2, -0.15) is 0 Å². The minimum absolute atomic E-state index is 0.123. The molecular weight excluding hydrogens is 448 g/mol. The number of para-hydroxylation sites is 2. The zero-order chi connectivity index (χ0) is 25.0. The first kappa shape index (κ1) is 21.9. The molecule has 3 heterocycles. The lowest BCUT2D eigenvalue weighted by Gasteiger charge is -2.17. The smallest absolute Gasteiger partial charge is 0.222 e. The average molecular weight is 475 g/mol. The Bertz CT molecular complexity index is 1770. The van der Waals surface area contributed by atoms with Crippen LogP contribution in [0.4, 0.5) is 5.69 Å². The number of benzene rings is 3. The van der Waals surface area contributed by atoms with Crippen LogP contribution >= 0.6 is 0 Å². The van der Waals surface area contributed by atoms with Gasteiger partial charge < -0.3 is 14.7 Å². The molecule has 0 bridgehead atoms. The molecule has 0 fully saturated rings. The molecule has 36 heavy (non-hydrogen) atoms. The summed E-state index contributed by atoms with van der Waals surface area (Å²) in [4.78, 5) is 11.5. The monoisotopic (exact) mass is 474 g/mol. The average Bonchev–Trinajstić information content (AvgIpc) is 3.17. The predicted octanol–water partition coefficient (Wildman–Crippen LogP) is 6.91. The number of nitrogens with zero attached hydrogens (tertiary/aromatic N) is 4. The highest BCUT2D eigenvalue weighted by molar-refractivity contribution is 6.09. The van der Waals surface area contributed by atoms with E-state index in [0.717, 1.165) is 50.0 Å². The number of aromatic nitrogens is 3. The SMILES string of the molecule is Cc1cc(C)nc(-n2c3ccccc3c3ccc(Oc4cc(N(C)C)c5cccc(O)c5n4)cc32)c1. The van der Waals surface area contributed by atoms with E-state index in [1.165, 1.54) is 0 Å². The molecule has 6 heteroatoms. The fraction of sp³-hybridized carbons (Fsp3) is 0.133. The summed E-state index contributed by atoms with van der Waals surface area (Å²) in [5, 5.41) is 13.6. The second-order valence-electron chi connectivity index (χ2n) is 9.33. The maximum atomic E-state index is 10.5. The Balaban J connectivity index is 1.54. The summed E-state index contributed by atoms with van der Waals surface area (Å²) in [6, 6.07) is 25.9. The summed E-state index contributed by atoms with van der Waals surface area (Å²) in [7, 11) is 3.92. The van der Waals surface area contributed by atoms with E-state index in [1.807, 2.05) is 62.3 Å². The van der Waals surface area contributed by atoms with E-state index in [4.69, 9.17) is 9.72 Å². The zero-order valence-electron chi connectivity index (χ0n) is 20.6. The molecule has 3 aromatic heterocycles. The summed E-state index contributed by atoms with van der Waals surface area (Å²) in [5.41, 5.74) is 5.65. The minimum atomic E-state index is 0.123. The number of hydrogen-bond donors (Lipinski definition) is 1. The maximum absolute atomic E-state index is 10.5.